The van der Waals surface area contributed by atoms with E-state index in [1.807, 2.05) is 28.1 Å². The molecule has 1 aliphatic rings. The van der Waals surface area contributed by atoms with E-state index in [9.17, 15) is 0 Å². The predicted octanol–water partition coefficient (Wildman–Crippen LogP) is 4.60. The quantitative estimate of drug-likeness (QED) is 0.372. The molecule has 10 heteroatoms. The van der Waals surface area contributed by atoms with Crippen LogP contribution >= 0.6 is 11.3 Å². The third kappa shape index (κ3) is 4.16. The van der Waals surface area contributed by atoms with Gasteiger partial charge in [-0.05, 0) is 47.8 Å². The topological polar surface area (TPSA) is 93.0 Å². The van der Waals surface area contributed by atoms with Crippen molar-refractivity contribution in [3.63, 3.8) is 0 Å². The number of aromatic nitrogens is 5. The zero-order valence-corrected chi connectivity index (χ0v) is 19.1. The summed E-state index contributed by atoms with van der Waals surface area (Å²) in [4.78, 5) is 20.5. The van der Waals surface area contributed by atoms with Crippen LogP contribution in [-0.2, 0) is 4.74 Å². The minimum absolute atomic E-state index is 0.475. The second-order valence-electron chi connectivity index (χ2n) is 7.80. The second kappa shape index (κ2) is 9.08. The molecule has 0 amide bonds. The van der Waals surface area contributed by atoms with Crippen molar-refractivity contribution < 1.29 is 4.74 Å². The first kappa shape index (κ1) is 20.6. The van der Waals surface area contributed by atoms with Gasteiger partial charge in [-0.3, -0.25) is 9.55 Å². The van der Waals surface area contributed by atoms with Gasteiger partial charge in [0.05, 0.1) is 18.9 Å². The lowest BCUT2D eigenvalue weighted by Gasteiger charge is -2.28. The maximum Gasteiger partial charge on any atom is 0.231 e. The summed E-state index contributed by atoms with van der Waals surface area (Å²) < 4.78 is 7.43. The molecule has 0 radical (unpaired) electrons. The number of nitrogens with zero attached hydrogens (tertiary/aromatic N) is 6. The summed E-state index contributed by atoms with van der Waals surface area (Å²) in [5.41, 5.74) is 5.40. The number of ether oxygens (including phenoxy) is 1. The highest BCUT2D eigenvalue weighted by Gasteiger charge is 2.16. The van der Waals surface area contributed by atoms with Gasteiger partial charge in [-0.2, -0.15) is 21.3 Å². The summed E-state index contributed by atoms with van der Waals surface area (Å²) in [6, 6.07) is 14.1. The van der Waals surface area contributed by atoms with E-state index in [1.54, 1.807) is 30.1 Å². The van der Waals surface area contributed by atoms with E-state index in [1.165, 1.54) is 5.69 Å². The van der Waals surface area contributed by atoms with Gasteiger partial charge in [-0.15, -0.1) is 0 Å². The van der Waals surface area contributed by atoms with Gasteiger partial charge >= 0.3 is 0 Å². The molecule has 1 fully saturated rings. The van der Waals surface area contributed by atoms with E-state index >= 15 is 0 Å². The smallest absolute Gasteiger partial charge is 0.231 e. The van der Waals surface area contributed by atoms with E-state index in [-0.39, 0.29) is 0 Å². The molecular weight excluding hydrogens is 448 g/mol. The molecule has 5 aromatic rings. The van der Waals surface area contributed by atoms with E-state index in [4.69, 9.17) is 14.7 Å². The molecule has 4 aromatic heterocycles. The monoisotopic (exact) mass is 470 g/mol. The number of anilines is 5. The van der Waals surface area contributed by atoms with Crippen molar-refractivity contribution in [1.82, 2.24) is 24.5 Å². The standard InChI is InChI=1S/C24H22N8OS/c1-3-19(31-10-12-33-13-11-31)4-2-17(1)27-22-21-23(32(16-26-21)20-7-14-34-15-20)30-24(29-22)28-18-5-8-25-9-6-18/h1-9,14-16H,10-13H2,(H2,25,27,28,29,30). The largest absolute Gasteiger partial charge is 0.378 e. The van der Waals surface area contributed by atoms with E-state index in [2.05, 4.69) is 55.1 Å². The molecule has 1 aromatic carbocycles. The van der Waals surface area contributed by atoms with Crippen molar-refractivity contribution in [2.24, 2.45) is 0 Å². The number of thiophene rings is 1. The van der Waals surface area contributed by atoms with Crippen molar-refractivity contribution >= 4 is 51.3 Å². The third-order valence-electron chi connectivity index (χ3n) is 5.62. The van der Waals surface area contributed by atoms with Gasteiger partial charge in [-0.25, -0.2) is 4.98 Å². The maximum absolute atomic E-state index is 5.46. The number of fused-ring (bicyclic) bond motifs is 1. The van der Waals surface area contributed by atoms with Gasteiger partial charge in [0.1, 0.15) is 6.33 Å². The molecular formula is C24H22N8OS. The van der Waals surface area contributed by atoms with E-state index in [0.717, 1.165) is 49.0 Å². The number of morpholine rings is 1. The molecule has 1 aliphatic heterocycles. The SMILES string of the molecule is c1cc(Nc2nc(Nc3ccc(N4CCOCC4)cc3)c3ncn(-c4ccsc4)c3n2)ccn1. The zero-order chi connectivity index (χ0) is 22.7. The zero-order valence-electron chi connectivity index (χ0n) is 18.3. The van der Waals surface area contributed by atoms with E-state index < -0.39 is 0 Å². The van der Waals surface area contributed by atoms with Crippen molar-refractivity contribution in [3.05, 3.63) is 71.9 Å². The lowest BCUT2D eigenvalue weighted by atomic mass is 10.2. The molecule has 34 heavy (non-hydrogen) atoms. The molecule has 9 nitrogen and oxygen atoms in total. The Hall–Kier alpha value is -4.02. The summed E-state index contributed by atoms with van der Waals surface area (Å²) in [6.07, 6.45) is 5.24. The van der Waals surface area contributed by atoms with Crippen molar-refractivity contribution in [1.29, 1.82) is 0 Å². The molecule has 170 valence electrons. The summed E-state index contributed by atoms with van der Waals surface area (Å²) in [7, 11) is 0. The van der Waals surface area contributed by atoms with Crippen LogP contribution in [0.5, 0.6) is 0 Å². The molecule has 5 heterocycles. The normalized spacial score (nSPS) is 13.8. The average molecular weight is 471 g/mol. The lowest BCUT2D eigenvalue weighted by molar-refractivity contribution is 0.122. The fourth-order valence-corrected chi connectivity index (χ4v) is 4.53. The lowest BCUT2D eigenvalue weighted by Crippen LogP contribution is -2.36. The van der Waals surface area contributed by atoms with Crippen LogP contribution in [0.1, 0.15) is 0 Å². The van der Waals surface area contributed by atoms with E-state index in [0.29, 0.717) is 17.3 Å². The highest BCUT2D eigenvalue weighted by Crippen LogP contribution is 2.28. The summed E-state index contributed by atoms with van der Waals surface area (Å²) in [6.45, 7) is 3.34. The van der Waals surface area contributed by atoms with Gasteiger partial charge in [0.2, 0.25) is 5.95 Å². The first-order valence-electron chi connectivity index (χ1n) is 11.0. The molecule has 1 saturated heterocycles. The number of hydrogen-bond donors (Lipinski definition) is 2. The van der Waals surface area contributed by atoms with Gasteiger partial charge in [0.25, 0.3) is 0 Å². The predicted molar refractivity (Wildman–Crippen MR) is 135 cm³/mol. The molecule has 0 unspecified atom stereocenters. The number of hydrogen-bond acceptors (Lipinski definition) is 9. The highest BCUT2D eigenvalue weighted by molar-refractivity contribution is 7.08. The maximum atomic E-state index is 5.46. The number of benzene rings is 1. The third-order valence-corrected chi connectivity index (χ3v) is 6.29. The van der Waals surface area contributed by atoms with Crippen LogP contribution in [0.2, 0.25) is 0 Å². The first-order valence-corrected chi connectivity index (χ1v) is 11.9. The molecule has 0 bridgehead atoms. The van der Waals surface area contributed by atoms with Crippen LogP contribution in [0.25, 0.3) is 16.9 Å². The van der Waals surface area contributed by atoms with Gasteiger partial charge in [-0.1, -0.05) is 0 Å². The Labute approximate surface area is 200 Å². The minimum Gasteiger partial charge on any atom is -0.378 e. The summed E-state index contributed by atoms with van der Waals surface area (Å²) in [5.74, 6) is 1.11. The van der Waals surface area contributed by atoms with Crippen molar-refractivity contribution in [2.45, 2.75) is 0 Å². The Morgan fingerprint density at radius 1 is 0.853 bits per heavy atom. The van der Waals surface area contributed by atoms with Crippen LogP contribution in [0, 0.1) is 0 Å². The van der Waals surface area contributed by atoms with Crippen LogP contribution in [-0.4, -0.2) is 50.8 Å². The van der Waals surface area contributed by atoms with Gasteiger partial charge in [0.15, 0.2) is 17.0 Å². The first-order chi connectivity index (χ1) is 16.8. The van der Waals surface area contributed by atoms with Gasteiger partial charge < -0.3 is 20.3 Å². The fourth-order valence-electron chi connectivity index (χ4n) is 3.90. The Kier molecular flexibility index (Phi) is 5.50. The van der Waals surface area contributed by atoms with Crippen LogP contribution in [0.15, 0.2) is 71.9 Å². The summed E-state index contributed by atoms with van der Waals surface area (Å²) in [5, 5.41) is 10.8. The molecule has 6 rings (SSSR count). The molecule has 0 aliphatic carbocycles. The summed E-state index contributed by atoms with van der Waals surface area (Å²) >= 11 is 1.63. The molecule has 0 atom stereocenters. The number of nitrogens with one attached hydrogen (secondary N) is 2. The molecule has 2 N–H and O–H groups in total. The highest BCUT2D eigenvalue weighted by atomic mass is 32.1. The molecule has 0 saturated carbocycles. The number of rotatable bonds is 6. The van der Waals surface area contributed by atoms with Crippen LogP contribution < -0.4 is 15.5 Å². The van der Waals surface area contributed by atoms with Gasteiger partial charge in [0, 0.05) is 47.9 Å². The van der Waals surface area contributed by atoms with Crippen LogP contribution in [0.3, 0.4) is 0 Å². The number of pyridine rings is 1. The van der Waals surface area contributed by atoms with Crippen LogP contribution in [0.4, 0.5) is 28.8 Å². The Morgan fingerprint density at radius 3 is 2.41 bits per heavy atom. The van der Waals surface area contributed by atoms with Crippen molar-refractivity contribution in [3.8, 4) is 5.69 Å². The second-order valence-corrected chi connectivity index (χ2v) is 8.58. The Morgan fingerprint density at radius 2 is 1.65 bits per heavy atom. The fraction of sp³-hybridized carbons (Fsp3) is 0.167. The Balaban J connectivity index is 1.35. The van der Waals surface area contributed by atoms with Crippen molar-refractivity contribution in [2.75, 3.05) is 41.8 Å². The average Bonchev–Trinajstić information content (AvgIpc) is 3.56. The Bertz CT molecular complexity index is 1380. The number of imidazole rings is 1. The molecule has 0 spiro atoms. The minimum atomic E-state index is 0.475.